The maximum atomic E-state index is 12.5. The third-order valence-corrected chi connectivity index (χ3v) is 4.79. The second-order valence-electron chi connectivity index (χ2n) is 5.84. The molecule has 0 aliphatic heterocycles. The first-order chi connectivity index (χ1) is 12.0. The van der Waals surface area contributed by atoms with Crippen molar-refractivity contribution in [1.82, 2.24) is 4.98 Å². The number of hydrogen-bond acceptors (Lipinski definition) is 5. The normalized spacial score (nSPS) is 11.1. The molecule has 0 saturated carbocycles. The zero-order valence-electron chi connectivity index (χ0n) is 13.6. The largest absolute Gasteiger partial charge is 0.451 e. The maximum absolute atomic E-state index is 12.5. The molecule has 25 heavy (non-hydrogen) atoms. The molecular weight excluding hydrogens is 336 g/mol. The minimum absolute atomic E-state index is 0.0121. The van der Waals surface area contributed by atoms with Crippen LogP contribution in [0.2, 0.25) is 0 Å². The highest BCUT2D eigenvalue weighted by molar-refractivity contribution is 7.18. The van der Waals surface area contributed by atoms with Crippen LogP contribution in [0, 0.1) is 13.8 Å². The van der Waals surface area contributed by atoms with E-state index in [0.29, 0.717) is 16.7 Å². The van der Waals surface area contributed by atoms with Crippen molar-refractivity contribution in [1.29, 1.82) is 0 Å². The summed E-state index contributed by atoms with van der Waals surface area (Å²) in [4.78, 5) is 29.1. The van der Waals surface area contributed by atoms with Gasteiger partial charge in [0.1, 0.15) is 5.58 Å². The van der Waals surface area contributed by atoms with Crippen LogP contribution < -0.4 is 10.7 Å². The van der Waals surface area contributed by atoms with E-state index in [1.807, 2.05) is 32.0 Å². The number of thiazole rings is 1. The Morgan fingerprint density at radius 2 is 1.96 bits per heavy atom. The second kappa shape index (κ2) is 5.82. The fourth-order valence-electron chi connectivity index (χ4n) is 2.69. The molecule has 0 bridgehead atoms. The lowest BCUT2D eigenvalue weighted by atomic mass is 10.1. The number of carbonyl (C=O) groups is 1. The Balaban J connectivity index is 1.68. The fraction of sp³-hybridized carbons (Fsp3) is 0.105. The Labute approximate surface area is 146 Å². The van der Waals surface area contributed by atoms with Crippen LogP contribution in [0.15, 0.2) is 51.7 Å². The molecule has 0 radical (unpaired) electrons. The molecule has 0 fully saturated rings. The number of benzene rings is 2. The van der Waals surface area contributed by atoms with Crippen molar-refractivity contribution in [2.75, 3.05) is 5.32 Å². The van der Waals surface area contributed by atoms with Crippen LogP contribution >= 0.6 is 11.3 Å². The highest BCUT2D eigenvalue weighted by atomic mass is 32.1. The van der Waals surface area contributed by atoms with E-state index >= 15 is 0 Å². The van der Waals surface area contributed by atoms with E-state index in [1.54, 1.807) is 29.5 Å². The molecule has 5 nitrogen and oxygen atoms in total. The number of rotatable bonds is 2. The van der Waals surface area contributed by atoms with Crippen LogP contribution in [-0.2, 0) is 0 Å². The van der Waals surface area contributed by atoms with Gasteiger partial charge in [0.2, 0.25) is 0 Å². The van der Waals surface area contributed by atoms with Gasteiger partial charge in [-0.15, -0.1) is 11.3 Å². The van der Waals surface area contributed by atoms with Gasteiger partial charge < -0.3 is 9.73 Å². The van der Waals surface area contributed by atoms with E-state index in [-0.39, 0.29) is 11.2 Å². The van der Waals surface area contributed by atoms with E-state index in [2.05, 4.69) is 10.3 Å². The molecule has 1 N–H and O–H groups in total. The van der Waals surface area contributed by atoms with Gasteiger partial charge in [0.05, 0.1) is 20.6 Å². The molecule has 2 aromatic heterocycles. The first-order valence-corrected chi connectivity index (χ1v) is 8.54. The van der Waals surface area contributed by atoms with Crippen molar-refractivity contribution in [3.63, 3.8) is 0 Å². The average molecular weight is 350 g/mol. The SMILES string of the molecule is Cc1ccc2oc(C(=O)Nc3ccc4nc(C)sc4c3)cc(=O)c2c1. The highest BCUT2D eigenvalue weighted by Gasteiger charge is 2.13. The summed E-state index contributed by atoms with van der Waals surface area (Å²) in [6.07, 6.45) is 0. The number of amides is 1. The average Bonchev–Trinajstić information content (AvgIpc) is 2.94. The Morgan fingerprint density at radius 1 is 1.12 bits per heavy atom. The molecule has 6 heteroatoms. The second-order valence-corrected chi connectivity index (χ2v) is 7.08. The number of anilines is 1. The molecule has 2 heterocycles. The minimum Gasteiger partial charge on any atom is -0.451 e. The molecule has 0 aliphatic carbocycles. The van der Waals surface area contributed by atoms with Gasteiger partial charge in [-0.25, -0.2) is 4.98 Å². The number of aryl methyl sites for hydroxylation is 2. The number of nitrogens with one attached hydrogen (secondary N) is 1. The van der Waals surface area contributed by atoms with Crippen LogP contribution in [0.1, 0.15) is 21.1 Å². The van der Waals surface area contributed by atoms with Crippen LogP contribution in [0.3, 0.4) is 0 Å². The highest BCUT2D eigenvalue weighted by Crippen LogP contribution is 2.25. The number of aromatic nitrogens is 1. The number of hydrogen-bond donors (Lipinski definition) is 1. The molecule has 0 unspecified atom stereocenters. The molecule has 0 saturated heterocycles. The fourth-order valence-corrected chi connectivity index (χ4v) is 3.56. The van der Waals surface area contributed by atoms with Gasteiger partial charge in [-0.1, -0.05) is 11.6 Å². The van der Waals surface area contributed by atoms with Gasteiger partial charge in [-0.05, 0) is 44.2 Å². The predicted octanol–water partition coefficient (Wildman–Crippen LogP) is 4.27. The van der Waals surface area contributed by atoms with Gasteiger partial charge in [-0.3, -0.25) is 9.59 Å². The van der Waals surface area contributed by atoms with E-state index in [1.165, 1.54) is 6.07 Å². The summed E-state index contributed by atoms with van der Waals surface area (Å²) < 4.78 is 6.59. The molecule has 124 valence electrons. The minimum atomic E-state index is -0.458. The molecule has 2 aromatic carbocycles. The van der Waals surface area contributed by atoms with E-state index < -0.39 is 5.91 Å². The topological polar surface area (TPSA) is 72.2 Å². The Bertz CT molecular complexity index is 1190. The quantitative estimate of drug-likeness (QED) is 0.586. The van der Waals surface area contributed by atoms with Crippen LogP contribution in [0.5, 0.6) is 0 Å². The Hall–Kier alpha value is -2.99. The van der Waals surface area contributed by atoms with Crippen LogP contribution in [-0.4, -0.2) is 10.9 Å². The van der Waals surface area contributed by atoms with E-state index in [4.69, 9.17) is 4.42 Å². The summed E-state index contributed by atoms with van der Waals surface area (Å²) in [7, 11) is 0. The summed E-state index contributed by atoms with van der Waals surface area (Å²) in [6.45, 7) is 3.84. The zero-order valence-corrected chi connectivity index (χ0v) is 14.4. The predicted molar refractivity (Wildman–Crippen MR) is 99.5 cm³/mol. The number of fused-ring (bicyclic) bond motifs is 2. The first-order valence-electron chi connectivity index (χ1n) is 7.73. The van der Waals surface area contributed by atoms with Gasteiger partial charge in [-0.2, -0.15) is 0 Å². The van der Waals surface area contributed by atoms with Crippen molar-refractivity contribution in [3.8, 4) is 0 Å². The summed E-state index contributed by atoms with van der Waals surface area (Å²) in [6, 6.07) is 12.0. The molecule has 0 atom stereocenters. The lowest BCUT2D eigenvalue weighted by molar-refractivity contribution is 0.0997. The monoisotopic (exact) mass is 350 g/mol. The smallest absolute Gasteiger partial charge is 0.291 e. The molecule has 4 aromatic rings. The summed E-state index contributed by atoms with van der Waals surface area (Å²) in [5.41, 5.74) is 2.66. The van der Waals surface area contributed by atoms with E-state index in [9.17, 15) is 9.59 Å². The third kappa shape index (κ3) is 2.92. The summed E-state index contributed by atoms with van der Waals surface area (Å²) in [5.74, 6) is -0.470. The van der Waals surface area contributed by atoms with Gasteiger partial charge >= 0.3 is 0 Å². The lowest BCUT2D eigenvalue weighted by Crippen LogP contribution is -2.15. The summed E-state index contributed by atoms with van der Waals surface area (Å²) in [5, 5.41) is 4.21. The summed E-state index contributed by atoms with van der Waals surface area (Å²) >= 11 is 1.56. The van der Waals surface area contributed by atoms with Crippen molar-refractivity contribution in [3.05, 3.63) is 69.0 Å². The van der Waals surface area contributed by atoms with Crippen molar-refractivity contribution in [2.24, 2.45) is 0 Å². The van der Waals surface area contributed by atoms with Crippen molar-refractivity contribution in [2.45, 2.75) is 13.8 Å². The van der Waals surface area contributed by atoms with Gasteiger partial charge in [0.25, 0.3) is 5.91 Å². The van der Waals surface area contributed by atoms with Crippen molar-refractivity contribution >= 4 is 44.1 Å². The zero-order chi connectivity index (χ0) is 17.6. The van der Waals surface area contributed by atoms with Gasteiger partial charge in [0.15, 0.2) is 11.2 Å². The molecule has 0 aliphatic rings. The van der Waals surface area contributed by atoms with Crippen LogP contribution in [0.4, 0.5) is 5.69 Å². The molecule has 1 amide bonds. The maximum Gasteiger partial charge on any atom is 0.291 e. The molecule has 4 rings (SSSR count). The molecular formula is C19H14N2O3S. The van der Waals surface area contributed by atoms with Crippen molar-refractivity contribution < 1.29 is 9.21 Å². The standard InChI is InChI=1S/C19H14N2O3S/c1-10-3-6-16-13(7-10)15(22)9-17(24-16)19(23)21-12-4-5-14-18(8-12)25-11(2)20-14/h3-9H,1-2H3,(H,21,23). The third-order valence-electron chi connectivity index (χ3n) is 3.86. The Morgan fingerprint density at radius 3 is 2.80 bits per heavy atom. The first kappa shape index (κ1) is 15.5. The number of nitrogens with zero attached hydrogens (tertiary/aromatic N) is 1. The molecule has 0 spiro atoms. The van der Waals surface area contributed by atoms with Crippen LogP contribution in [0.25, 0.3) is 21.2 Å². The van der Waals surface area contributed by atoms with Gasteiger partial charge in [0, 0.05) is 11.8 Å². The van der Waals surface area contributed by atoms with E-state index in [0.717, 1.165) is 20.8 Å². The lowest BCUT2D eigenvalue weighted by Gasteiger charge is -2.06. The Kier molecular flexibility index (Phi) is 3.62. The number of carbonyl (C=O) groups excluding carboxylic acids is 1.